The first-order chi connectivity index (χ1) is 15.5. The molecule has 1 fully saturated rings. The van der Waals surface area contributed by atoms with Crippen LogP contribution in [0.4, 0.5) is 0 Å². The second kappa shape index (κ2) is 10.0. The molecule has 170 valence electrons. The number of hydrogen-bond acceptors (Lipinski definition) is 6. The molecular formula is C22H27N5O3S2. The van der Waals surface area contributed by atoms with Crippen LogP contribution in [0, 0.1) is 0 Å². The lowest BCUT2D eigenvalue weighted by molar-refractivity contribution is 0.0933. The minimum atomic E-state index is -3.67. The number of carbonyl (C=O) groups is 1. The maximum Gasteiger partial charge on any atom is 0.251 e. The average molecular weight is 474 g/mol. The van der Waals surface area contributed by atoms with Crippen molar-refractivity contribution in [2.24, 2.45) is 0 Å². The van der Waals surface area contributed by atoms with Gasteiger partial charge in [-0.05, 0) is 61.6 Å². The Labute approximate surface area is 192 Å². The van der Waals surface area contributed by atoms with E-state index in [1.54, 1.807) is 23.9 Å². The van der Waals surface area contributed by atoms with Crippen molar-refractivity contribution < 1.29 is 13.2 Å². The van der Waals surface area contributed by atoms with E-state index in [1.807, 2.05) is 35.1 Å². The maximum absolute atomic E-state index is 13.1. The summed E-state index contributed by atoms with van der Waals surface area (Å²) in [6.45, 7) is 0. The fraction of sp³-hybridized carbons (Fsp3) is 0.409. The molecule has 0 spiro atoms. The van der Waals surface area contributed by atoms with Crippen LogP contribution in [0.3, 0.4) is 0 Å². The number of amides is 1. The van der Waals surface area contributed by atoms with Crippen molar-refractivity contribution in [3.05, 3.63) is 60.0 Å². The highest BCUT2D eigenvalue weighted by molar-refractivity contribution is 7.98. The van der Waals surface area contributed by atoms with E-state index in [2.05, 4.69) is 20.2 Å². The number of pyridine rings is 1. The highest BCUT2D eigenvalue weighted by atomic mass is 32.2. The van der Waals surface area contributed by atoms with Gasteiger partial charge in [0.25, 0.3) is 5.91 Å². The van der Waals surface area contributed by atoms with Gasteiger partial charge in [0.15, 0.2) is 11.5 Å². The lowest BCUT2D eigenvalue weighted by Crippen LogP contribution is -2.33. The van der Waals surface area contributed by atoms with Gasteiger partial charge in [0, 0.05) is 17.8 Å². The van der Waals surface area contributed by atoms with Gasteiger partial charge in [0.05, 0.1) is 10.9 Å². The van der Waals surface area contributed by atoms with Crippen LogP contribution >= 0.6 is 11.8 Å². The van der Waals surface area contributed by atoms with E-state index >= 15 is 0 Å². The largest absolute Gasteiger partial charge is 0.342 e. The number of hydrogen-bond donors (Lipinski definition) is 2. The molecule has 0 aliphatic heterocycles. The van der Waals surface area contributed by atoms with Crippen molar-refractivity contribution in [3.63, 3.8) is 0 Å². The third-order valence-corrected chi connectivity index (χ3v) is 7.81. The summed E-state index contributed by atoms with van der Waals surface area (Å²) in [7, 11) is -3.67. The summed E-state index contributed by atoms with van der Waals surface area (Å²) in [5, 5.41) is 11.5. The minimum absolute atomic E-state index is 0.0328. The molecule has 1 aliphatic rings. The summed E-state index contributed by atoms with van der Waals surface area (Å²) in [6.07, 6.45) is 8.31. The SMILES string of the molecule is CSCCC(NC(=O)c1cccc(S(=O)(=O)NC2CCCC2)c1)c1nnc2ccccn12. The van der Waals surface area contributed by atoms with Crippen LogP contribution < -0.4 is 10.0 Å². The number of thioether (sulfide) groups is 1. The van der Waals surface area contributed by atoms with Crippen LogP contribution in [0.2, 0.25) is 0 Å². The molecule has 1 atom stereocenters. The molecule has 0 bridgehead atoms. The van der Waals surface area contributed by atoms with Gasteiger partial charge in [0.2, 0.25) is 10.0 Å². The molecule has 8 nitrogen and oxygen atoms in total. The number of sulfonamides is 1. The topological polar surface area (TPSA) is 105 Å². The molecule has 1 amide bonds. The molecular weight excluding hydrogens is 446 g/mol. The van der Waals surface area contributed by atoms with Gasteiger partial charge in [-0.15, -0.1) is 10.2 Å². The first-order valence-electron chi connectivity index (χ1n) is 10.7. The van der Waals surface area contributed by atoms with E-state index < -0.39 is 10.0 Å². The summed E-state index contributed by atoms with van der Waals surface area (Å²) in [5.74, 6) is 1.13. The van der Waals surface area contributed by atoms with Gasteiger partial charge in [-0.3, -0.25) is 9.20 Å². The molecule has 0 saturated heterocycles. The maximum atomic E-state index is 13.1. The molecule has 1 saturated carbocycles. The number of nitrogens with one attached hydrogen (secondary N) is 2. The Hall–Kier alpha value is -2.43. The highest BCUT2D eigenvalue weighted by Gasteiger charge is 2.25. The van der Waals surface area contributed by atoms with Crippen molar-refractivity contribution in [1.29, 1.82) is 0 Å². The van der Waals surface area contributed by atoms with E-state index in [1.165, 1.54) is 12.1 Å². The van der Waals surface area contributed by atoms with Gasteiger partial charge in [0.1, 0.15) is 0 Å². The zero-order chi connectivity index (χ0) is 22.6. The number of nitrogens with zero attached hydrogens (tertiary/aromatic N) is 3. The Morgan fingerprint density at radius 3 is 2.78 bits per heavy atom. The van der Waals surface area contributed by atoms with Gasteiger partial charge in [-0.1, -0.05) is 25.0 Å². The molecule has 32 heavy (non-hydrogen) atoms. The fourth-order valence-electron chi connectivity index (χ4n) is 3.98. The highest BCUT2D eigenvalue weighted by Crippen LogP contribution is 2.22. The second-order valence-electron chi connectivity index (χ2n) is 7.93. The minimum Gasteiger partial charge on any atom is -0.342 e. The Bertz CT molecular complexity index is 1190. The molecule has 10 heteroatoms. The quantitative estimate of drug-likeness (QED) is 0.495. The van der Waals surface area contributed by atoms with Gasteiger partial charge in [-0.25, -0.2) is 13.1 Å². The van der Waals surface area contributed by atoms with E-state index in [0.29, 0.717) is 23.5 Å². The van der Waals surface area contributed by atoms with E-state index in [9.17, 15) is 13.2 Å². The molecule has 1 aliphatic carbocycles. The molecule has 2 aromatic heterocycles. The monoisotopic (exact) mass is 473 g/mol. The third-order valence-electron chi connectivity index (χ3n) is 5.65. The Kier molecular flexibility index (Phi) is 7.12. The second-order valence-corrected chi connectivity index (χ2v) is 10.6. The first-order valence-corrected chi connectivity index (χ1v) is 13.6. The number of benzene rings is 1. The van der Waals surface area contributed by atoms with Crippen molar-refractivity contribution in [3.8, 4) is 0 Å². The number of aromatic nitrogens is 3. The fourth-order valence-corrected chi connectivity index (χ4v) is 5.80. The standard InChI is InChI=1S/C22H27N5O3S2/c1-31-14-12-19(21-25-24-20-11-4-5-13-27(20)21)23-22(28)16-7-6-10-18(15-16)32(29,30)26-17-8-2-3-9-17/h4-7,10-11,13,15,17,19,26H,2-3,8-9,12,14H2,1H3,(H,23,28). The average Bonchev–Trinajstić information content (AvgIpc) is 3.46. The summed E-state index contributed by atoms with van der Waals surface area (Å²) in [4.78, 5) is 13.2. The molecule has 3 aromatic rings. The van der Waals surface area contributed by atoms with E-state index in [-0.39, 0.29) is 22.9 Å². The third kappa shape index (κ3) is 5.13. The molecule has 2 heterocycles. The normalized spacial score (nSPS) is 15.8. The molecule has 1 unspecified atom stereocenters. The van der Waals surface area contributed by atoms with Crippen molar-refractivity contribution in [2.45, 2.75) is 49.1 Å². The zero-order valence-electron chi connectivity index (χ0n) is 17.9. The first kappa shape index (κ1) is 22.8. The Morgan fingerprint density at radius 1 is 1.19 bits per heavy atom. The van der Waals surface area contributed by atoms with E-state index in [4.69, 9.17) is 0 Å². The summed E-state index contributed by atoms with van der Waals surface area (Å²) in [5.41, 5.74) is 0.999. The molecule has 1 aromatic carbocycles. The lowest BCUT2D eigenvalue weighted by atomic mass is 10.1. The Morgan fingerprint density at radius 2 is 2.00 bits per heavy atom. The zero-order valence-corrected chi connectivity index (χ0v) is 19.5. The van der Waals surface area contributed by atoms with Gasteiger partial charge < -0.3 is 5.32 Å². The number of rotatable bonds is 9. The van der Waals surface area contributed by atoms with Crippen molar-refractivity contribution in [2.75, 3.05) is 12.0 Å². The molecule has 2 N–H and O–H groups in total. The summed E-state index contributed by atoms with van der Waals surface area (Å²) < 4.78 is 30.2. The Balaban J connectivity index is 1.55. The van der Waals surface area contributed by atoms with Gasteiger partial charge >= 0.3 is 0 Å². The summed E-state index contributed by atoms with van der Waals surface area (Å²) >= 11 is 1.68. The number of fused-ring (bicyclic) bond motifs is 1. The summed E-state index contributed by atoms with van der Waals surface area (Å²) in [6, 6.07) is 11.4. The smallest absolute Gasteiger partial charge is 0.251 e. The van der Waals surface area contributed by atoms with Gasteiger partial charge in [-0.2, -0.15) is 11.8 Å². The van der Waals surface area contributed by atoms with Crippen LogP contribution in [-0.2, 0) is 10.0 Å². The predicted octanol–water partition coefficient (Wildman–Crippen LogP) is 3.17. The molecule has 4 rings (SSSR count). The van der Waals surface area contributed by atoms with Crippen LogP contribution in [-0.4, -0.2) is 47.0 Å². The predicted molar refractivity (Wildman–Crippen MR) is 125 cm³/mol. The lowest BCUT2D eigenvalue weighted by Gasteiger charge is -2.18. The van der Waals surface area contributed by atoms with E-state index in [0.717, 1.165) is 31.4 Å². The van der Waals surface area contributed by atoms with Crippen molar-refractivity contribution >= 4 is 33.3 Å². The van der Waals surface area contributed by atoms with Crippen LogP contribution in [0.5, 0.6) is 0 Å². The van der Waals surface area contributed by atoms with Crippen LogP contribution in [0.1, 0.15) is 54.3 Å². The molecule has 0 radical (unpaired) electrons. The van der Waals surface area contributed by atoms with Crippen LogP contribution in [0.25, 0.3) is 5.65 Å². The number of carbonyl (C=O) groups excluding carboxylic acids is 1. The van der Waals surface area contributed by atoms with Crippen molar-refractivity contribution in [1.82, 2.24) is 24.6 Å². The van der Waals surface area contributed by atoms with Crippen LogP contribution in [0.15, 0.2) is 53.6 Å².